The number of rotatable bonds is 5. The quantitative estimate of drug-likeness (QED) is 0.776. The van der Waals surface area contributed by atoms with Crippen molar-refractivity contribution < 1.29 is 13.9 Å². The van der Waals surface area contributed by atoms with Gasteiger partial charge >= 0.3 is 0 Å². The van der Waals surface area contributed by atoms with E-state index in [1.54, 1.807) is 7.05 Å². The Balaban J connectivity index is 1.83. The Bertz CT molecular complexity index is 602. The van der Waals surface area contributed by atoms with Crippen LogP contribution in [0.2, 0.25) is 0 Å². The van der Waals surface area contributed by atoms with Gasteiger partial charge in [0.1, 0.15) is 12.4 Å². The molecular formula is C15H14BrFN2O2. The number of ether oxygens (including phenoxy) is 1. The van der Waals surface area contributed by atoms with Gasteiger partial charge in [0.25, 0.3) is 5.91 Å². The van der Waals surface area contributed by atoms with Crippen LogP contribution in [-0.2, 0) is 0 Å². The van der Waals surface area contributed by atoms with E-state index in [2.05, 4.69) is 20.9 Å². The molecule has 0 radical (unpaired) electrons. The molecule has 21 heavy (non-hydrogen) atoms. The lowest BCUT2D eigenvalue weighted by Gasteiger charge is -2.17. The molecule has 1 aromatic heterocycles. The number of carbonyl (C=O) groups is 1. The first-order valence-corrected chi connectivity index (χ1v) is 7.11. The van der Waals surface area contributed by atoms with Gasteiger partial charge in [0.15, 0.2) is 0 Å². The molecule has 0 N–H and O–H groups in total. The van der Waals surface area contributed by atoms with Crippen LogP contribution in [-0.4, -0.2) is 36.0 Å². The maximum Gasteiger partial charge on any atom is 0.255 e. The topological polar surface area (TPSA) is 42.4 Å². The molecule has 0 spiro atoms. The van der Waals surface area contributed by atoms with Crippen LogP contribution in [0.4, 0.5) is 4.39 Å². The van der Waals surface area contributed by atoms with E-state index in [0.717, 1.165) is 10.2 Å². The van der Waals surface area contributed by atoms with Gasteiger partial charge in [-0.2, -0.15) is 4.39 Å². The van der Waals surface area contributed by atoms with Crippen LogP contribution < -0.4 is 4.74 Å². The van der Waals surface area contributed by atoms with Gasteiger partial charge in [-0.05, 0) is 36.4 Å². The van der Waals surface area contributed by atoms with Gasteiger partial charge in [0.2, 0.25) is 5.95 Å². The van der Waals surface area contributed by atoms with Gasteiger partial charge in [-0.15, -0.1) is 0 Å². The van der Waals surface area contributed by atoms with Crippen LogP contribution in [0, 0.1) is 5.95 Å². The van der Waals surface area contributed by atoms with E-state index in [9.17, 15) is 9.18 Å². The molecule has 110 valence electrons. The van der Waals surface area contributed by atoms with Crippen molar-refractivity contribution in [1.29, 1.82) is 0 Å². The van der Waals surface area contributed by atoms with Crippen LogP contribution in [0.5, 0.6) is 5.75 Å². The number of likely N-dealkylation sites (N-methyl/N-ethyl adjacent to an activating group) is 1. The number of halogens is 2. The largest absolute Gasteiger partial charge is 0.492 e. The van der Waals surface area contributed by atoms with E-state index in [4.69, 9.17) is 4.74 Å². The first-order chi connectivity index (χ1) is 10.1. The highest BCUT2D eigenvalue weighted by molar-refractivity contribution is 9.10. The Hall–Kier alpha value is -1.95. The van der Waals surface area contributed by atoms with E-state index in [0.29, 0.717) is 18.7 Å². The number of benzene rings is 1. The minimum Gasteiger partial charge on any atom is -0.492 e. The van der Waals surface area contributed by atoms with E-state index in [1.165, 1.54) is 23.2 Å². The average Bonchev–Trinajstić information content (AvgIpc) is 2.49. The van der Waals surface area contributed by atoms with Gasteiger partial charge < -0.3 is 9.64 Å². The van der Waals surface area contributed by atoms with E-state index < -0.39 is 5.95 Å². The second-order valence-electron chi connectivity index (χ2n) is 4.40. The summed E-state index contributed by atoms with van der Waals surface area (Å²) in [5.41, 5.74) is 0.350. The molecule has 0 bridgehead atoms. The number of aromatic nitrogens is 1. The predicted molar refractivity (Wildman–Crippen MR) is 80.8 cm³/mol. The highest BCUT2D eigenvalue weighted by atomic mass is 79.9. The minimum atomic E-state index is -0.604. The van der Waals surface area contributed by atoms with Crippen LogP contribution in [0.1, 0.15) is 10.4 Å². The van der Waals surface area contributed by atoms with Crippen molar-refractivity contribution in [1.82, 2.24) is 9.88 Å². The normalized spacial score (nSPS) is 10.2. The van der Waals surface area contributed by atoms with Crippen LogP contribution in [0.25, 0.3) is 0 Å². The maximum atomic E-state index is 12.7. The third-order valence-corrected chi connectivity index (χ3v) is 3.36. The summed E-state index contributed by atoms with van der Waals surface area (Å²) in [4.78, 5) is 17.0. The molecule has 2 aromatic rings. The number of carbonyl (C=O) groups excluding carboxylic acids is 1. The van der Waals surface area contributed by atoms with Gasteiger partial charge in [0, 0.05) is 17.7 Å². The van der Waals surface area contributed by atoms with Crippen molar-refractivity contribution in [2.24, 2.45) is 0 Å². The molecule has 0 saturated carbocycles. The van der Waals surface area contributed by atoms with Gasteiger partial charge in [-0.3, -0.25) is 4.79 Å². The zero-order valence-electron chi connectivity index (χ0n) is 11.4. The summed E-state index contributed by atoms with van der Waals surface area (Å²) in [6, 6.07) is 10.0. The van der Waals surface area contributed by atoms with Crippen molar-refractivity contribution >= 4 is 21.8 Å². The smallest absolute Gasteiger partial charge is 0.255 e. The Kier molecular flexibility index (Phi) is 5.27. The summed E-state index contributed by atoms with van der Waals surface area (Å²) in [5.74, 6) is -0.0859. The third kappa shape index (κ3) is 4.53. The molecule has 0 saturated heterocycles. The molecule has 1 aromatic carbocycles. The molecule has 1 heterocycles. The fourth-order valence-corrected chi connectivity index (χ4v) is 1.92. The lowest BCUT2D eigenvalue weighted by molar-refractivity contribution is 0.0773. The van der Waals surface area contributed by atoms with Crippen molar-refractivity contribution in [3.63, 3.8) is 0 Å². The zero-order chi connectivity index (χ0) is 15.2. The molecule has 0 aliphatic carbocycles. The molecule has 4 nitrogen and oxygen atoms in total. The van der Waals surface area contributed by atoms with Gasteiger partial charge in [-0.25, -0.2) is 4.98 Å². The number of hydrogen-bond donors (Lipinski definition) is 0. The molecule has 0 fully saturated rings. The second-order valence-corrected chi connectivity index (χ2v) is 5.31. The van der Waals surface area contributed by atoms with E-state index >= 15 is 0 Å². The van der Waals surface area contributed by atoms with E-state index in [1.807, 2.05) is 24.3 Å². The van der Waals surface area contributed by atoms with Crippen molar-refractivity contribution in [3.05, 3.63) is 58.6 Å². The number of amides is 1. The highest BCUT2D eigenvalue weighted by Gasteiger charge is 2.12. The number of nitrogens with zero attached hydrogens (tertiary/aromatic N) is 2. The Morgan fingerprint density at radius 3 is 2.62 bits per heavy atom. The lowest BCUT2D eigenvalue weighted by Crippen LogP contribution is -2.31. The first-order valence-electron chi connectivity index (χ1n) is 6.31. The van der Waals surface area contributed by atoms with Gasteiger partial charge in [0.05, 0.1) is 12.1 Å². The van der Waals surface area contributed by atoms with Crippen LogP contribution >= 0.6 is 15.9 Å². The fraction of sp³-hybridized carbons (Fsp3) is 0.200. The van der Waals surface area contributed by atoms with Crippen LogP contribution in [0.3, 0.4) is 0 Å². The fourth-order valence-electron chi connectivity index (χ4n) is 1.66. The Morgan fingerprint density at radius 1 is 1.29 bits per heavy atom. The summed E-state index contributed by atoms with van der Waals surface area (Å²) in [5, 5.41) is 0. The van der Waals surface area contributed by atoms with Crippen molar-refractivity contribution in [2.45, 2.75) is 0 Å². The summed E-state index contributed by atoms with van der Waals surface area (Å²) >= 11 is 3.35. The molecule has 6 heteroatoms. The second kappa shape index (κ2) is 7.17. The number of pyridine rings is 1. The molecule has 0 aliphatic rings. The van der Waals surface area contributed by atoms with Gasteiger partial charge in [-0.1, -0.05) is 15.9 Å². The lowest BCUT2D eigenvalue weighted by atomic mass is 10.2. The summed E-state index contributed by atoms with van der Waals surface area (Å²) in [7, 11) is 1.66. The monoisotopic (exact) mass is 352 g/mol. The standard InChI is InChI=1S/C15H14BrFN2O2/c1-19(15(20)11-2-7-14(17)18-10-11)8-9-21-13-5-3-12(16)4-6-13/h2-7,10H,8-9H2,1H3. The molecule has 1 amide bonds. The molecule has 0 atom stereocenters. The third-order valence-electron chi connectivity index (χ3n) is 2.83. The average molecular weight is 353 g/mol. The highest BCUT2D eigenvalue weighted by Crippen LogP contribution is 2.16. The molecule has 0 aliphatic heterocycles. The van der Waals surface area contributed by atoms with Crippen LogP contribution in [0.15, 0.2) is 47.1 Å². The molecule has 2 rings (SSSR count). The molecule has 0 unspecified atom stereocenters. The Labute approximate surface area is 130 Å². The molecular weight excluding hydrogens is 339 g/mol. The number of hydrogen-bond acceptors (Lipinski definition) is 3. The minimum absolute atomic E-state index is 0.220. The first kappa shape index (κ1) is 15.4. The summed E-state index contributed by atoms with van der Waals surface area (Å²) in [6.45, 7) is 0.796. The maximum absolute atomic E-state index is 12.7. The summed E-state index contributed by atoms with van der Waals surface area (Å²) in [6.07, 6.45) is 1.23. The van der Waals surface area contributed by atoms with Crippen molar-refractivity contribution in [2.75, 3.05) is 20.2 Å². The summed E-state index contributed by atoms with van der Waals surface area (Å²) < 4.78 is 19.2. The Morgan fingerprint density at radius 2 is 2.00 bits per heavy atom. The predicted octanol–water partition coefficient (Wildman–Crippen LogP) is 3.13. The zero-order valence-corrected chi connectivity index (χ0v) is 13.0. The van der Waals surface area contributed by atoms with E-state index in [-0.39, 0.29) is 5.91 Å². The van der Waals surface area contributed by atoms with Crippen molar-refractivity contribution in [3.8, 4) is 5.75 Å². The SMILES string of the molecule is CN(CCOc1ccc(Br)cc1)C(=O)c1ccc(F)nc1.